The van der Waals surface area contributed by atoms with Gasteiger partial charge in [0.2, 0.25) is 5.91 Å². The highest BCUT2D eigenvalue weighted by Gasteiger charge is 2.67. The first-order valence-electron chi connectivity index (χ1n) is 14.6. The van der Waals surface area contributed by atoms with E-state index < -0.39 is 0 Å². The van der Waals surface area contributed by atoms with E-state index in [-0.39, 0.29) is 41.8 Å². The number of ether oxygens (including phenoxy) is 3. The summed E-state index contributed by atoms with van der Waals surface area (Å²) in [5, 5.41) is 0.924. The van der Waals surface area contributed by atoms with Crippen molar-refractivity contribution in [3.05, 3.63) is 51.0 Å². The van der Waals surface area contributed by atoms with Gasteiger partial charge in [-0.1, -0.05) is 43.1 Å². The highest BCUT2D eigenvalue weighted by Crippen LogP contribution is 2.65. The molecule has 220 valence electrons. The summed E-state index contributed by atoms with van der Waals surface area (Å²) < 4.78 is 18.6. The molecule has 0 N–H and O–H groups in total. The van der Waals surface area contributed by atoms with Gasteiger partial charge in [0.15, 0.2) is 11.5 Å². The molecule has 2 fully saturated rings. The fourth-order valence-electron chi connectivity index (χ4n) is 8.21. The highest BCUT2D eigenvalue weighted by atomic mass is 35.5. The van der Waals surface area contributed by atoms with Gasteiger partial charge >= 0.3 is 5.97 Å². The van der Waals surface area contributed by atoms with E-state index in [0.29, 0.717) is 40.0 Å². The molecule has 1 saturated heterocycles. The molecule has 4 aliphatic rings. The minimum Gasteiger partial charge on any atom is -0.493 e. The molecule has 7 nitrogen and oxygen atoms in total. The van der Waals surface area contributed by atoms with Gasteiger partial charge in [0, 0.05) is 42.1 Å². The summed E-state index contributed by atoms with van der Waals surface area (Å²) in [5.74, 6) is 2.26. The van der Waals surface area contributed by atoms with Crippen LogP contribution >= 0.6 is 23.2 Å². The van der Waals surface area contributed by atoms with Crippen molar-refractivity contribution in [1.82, 2.24) is 9.80 Å². The minimum absolute atomic E-state index is 0.0598. The summed E-state index contributed by atoms with van der Waals surface area (Å²) in [7, 11) is 3.82. The molecule has 2 aliphatic carbocycles. The standard InChI is InChI=1S/C32H38Cl2N2O5/c1-17(2)16-36(28(38)13-19-6-8-22(33)23(34)12-19)24-9-7-21-25-14-20-26(40-18(3)37)15-27(39-5)30-29(20)32(21,31(24)41-30)10-11-35(25)4/h6,8,12,15,17,21,24-25,31H,7,9-11,13-14,16H2,1-5H3/t21-,24+,25+,31-,32-/m0/s1. The average Bonchev–Trinajstić information content (AvgIpc) is 3.26. The Morgan fingerprint density at radius 1 is 1.17 bits per heavy atom. The molecule has 1 amide bonds. The van der Waals surface area contributed by atoms with E-state index in [0.717, 1.165) is 54.7 Å². The largest absolute Gasteiger partial charge is 0.493 e. The number of methoxy groups -OCH3 is 1. The number of hydrogen-bond donors (Lipinski definition) is 0. The van der Waals surface area contributed by atoms with Crippen molar-refractivity contribution in [2.24, 2.45) is 11.8 Å². The van der Waals surface area contributed by atoms with Crippen molar-refractivity contribution in [2.75, 3.05) is 27.2 Å². The normalized spacial score (nSPS) is 27.7. The second-order valence-electron chi connectivity index (χ2n) is 12.6. The third-order valence-electron chi connectivity index (χ3n) is 9.73. The Balaban J connectivity index is 1.44. The van der Waals surface area contributed by atoms with Crippen LogP contribution in [-0.4, -0.2) is 67.1 Å². The van der Waals surface area contributed by atoms with E-state index in [1.165, 1.54) is 6.92 Å². The predicted molar refractivity (Wildman–Crippen MR) is 158 cm³/mol. The molecule has 2 aromatic carbocycles. The maximum atomic E-state index is 14.1. The Kier molecular flexibility index (Phi) is 7.44. The zero-order valence-electron chi connectivity index (χ0n) is 24.3. The Labute approximate surface area is 252 Å². The van der Waals surface area contributed by atoms with Crippen LogP contribution in [0, 0.1) is 11.8 Å². The second-order valence-corrected chi connectivity index (χ2v) is 13.4. The number of nitrogens with zero attached hydrogens (tertiary/aromatic N) is 2. The molecular weight excluding hydrogens is 563 g/mol. The molecule has 41 heavy (non-hydrogen) atoms. The third-order valence-corrected chi connectivity index (χ3v) is 10.5. The number of carbonyl (C=O) groups excluding carboxylic acids is 2. The van der Waals surface area contributed by atoms with E-state index in [1.807, 2.05) is 6.07 Å². The number of likely N-dealkylation sites (N-methyl/N-ethyl adjacent to an activating group) is 1. The fourth-order valence-corrected chi connectivity index (χ4v) is 8.53. The van der Waals surface area contributed by atoms with Gasteiger partial charge in [-0.2, -0.15) is 0 Å². The zero-order chi connectivity index (χ0) is 29.2. The van der Waals surface area contributed by atoms with Crippen molar-refractivity contribution < 1.29 is 23.8 Å². The number of halogens is 2. The van der Waals surface area contributed by atoms with E-state index in [9.17, 15) is 9.59 Å². The number of hydrogen-bond acceptors (Lipinski definition) is 6. The van der Waals surface area contributed by atoms with Gasteiger partial charge in [0.05, 0.1) is 29.6 Å². The van der Waals surface area contributed by atoms with Gasteiger partial charge in [-0.25, -0.2) is 0 Å². The Morgan fingerprint density at radius 3 is 2.63 bits per heavy atom. The molecule has 2 aliphatic heterocycles. The maximum absolute atomic E-state index is 14.1. The van der Waals surface area contributed by atoms with Crippen LogP contribution in [0.2, 0.25) is 10.0 Å². The summed E-state index contributed by atoms with van der Waals surface area (Å²) in [4.78, 5) is 30.7. The molecule has 2 bridgehead atoms. The quantitative estimate of drug-likeness (QED) is 0.300. The number of esters is 1. The molecule has 1 saturated carbocycles. The van der Waals surface area contributed by atoms with Crippen molar-refractivity contribution >= 4 is 35.1 Å². The molecular formula is C32H38Cl2N2O5. The van der Waals surface area contributed by atoms with E-state index >= 15 is 0 Å². The lowest BCUT2D eigenvalue weighted by Gasteiger charge is -2.60. The van der Waals surface area contributed by atoms with Gasteiger partial charge in [0.25, 0.3) is 0 Å². The van der Waals surface area contributed by atoms with E-state index in [2.05, 4.69) is 30.7 Å². The number of piperidine rings is 1. The predicted octanol–water partition coefficient (Wildman–Crippen LogP) is 5.69. The van der Waals surface area contributed by atoms with E-state index in [4.69, 9.17) is 37.4 Å². The van der Waals surface area contributed by atoms with Crippen LogP contribution in [0.25, 0.3) is 0 Å². The number of carbonyl (C=O) groups is 2. The third kappa shape index (κ3) is 4.59. The van der Waals surface area contributed by atoms with Gasteiger partial charge in [-0.15, -0.1) is 0 Å². The van der Waals surface area contributed by atoms with Gasteiger partial charge in [0.1, 0.15) is 11.9 Å². The molecule has 2 aromatic rings. The van der Waals surface area contributed by atoms with Crippen LogP contribution in [0.4, 0.5) is 0 Å². The fraction of sp³-hybridized carbons (Fsp3) is 0.562. The van der Waals surface area contributed by atoms with Crippen molar-refractivity contribution in [3.8, 4) is 17.2 Å². The van der Waals surface area contributed by atoms with Crippen LogP contribution in [0.1, 0.15) is 56.7 Å². The molecule has 0 radical (unpaired) electrons. The maximum Gasteiger partial charge on any atom is 0.308 e. The van der Waals surface area contributed by atoms with Crippen molar-refractivity contribution in [2.45, 2.75) is 76.5 Å². The first-order chi connectivity index (χ1) is 19.5. The van der Waals surface area contributed by atoms with Crippen LogP contribution < -0.4 is 14.2 Å². The lowest BCUT2D eigenvalue weighted by Crippen LogP contribution is -2.69. The van der Waals surface area contributed by atoms with Gasteiger partial charge in [-0.3, -0.25) is 9.59 Å². The summed E-state index contributed by atoms with van der Waals surface area (Å²) in [6.07, 6.45) is 3.59. The summed E-state index contributed by atoms with van der Waals surface area (Å²) in [5.41, 5.74) is 2.74. The van der Waals surface area contributed by atoms with Crippen molar-refractivity contribution in [3.63, 3.8) is 0 Å². The summed E-state index contributed by atoms with van der Waals surface area (Å²) >= 11 is 12.4. The zero-order valence-corrected chi connectivity index (χ0v) is 25.8. The first kappa shape index (κ1) is 28.6. The molecule has 9 heteroatoms. The average molecular weight is 602 g/mol. The van der Waals surface area contributed by atoms with Crippen LogP contribution in [0.15, 0.2) is 24.3 Å². The highest BCUT2D eigenvalue weighted by molar-refractivity contribution is 6.42. The minimum atomic E-state index is -0.352. The second kappa shape index (κ2) is 10.7. The molecule has 2 heterocycles. The van der Waals surface area contributed by atoms with Crippen molar-refractivity contribution in [1.29, 1.82) is 0 Å². The number of rotatable bonds is 7. The summed E-state index contributed by atoms with van der Waals surface area (Å²) in [6, 6.07) is 7.40. The molecule has 0 unspecified atom stereocenters. The number of amides is 1. The SMILES string of the molecule is COc1cc(OC(C)=O)c2c3c1O[C@H]1[C@H](N(CC(C)C)C(=O)Cc4ccc(Cl)c(Cl)c4)CC[C@H]4[C@@H](C2)N(C)CC[C@@]341. The molecule has 6 rings (SSSR count). The van der Waals surface area contributed by atoms with Gasteiger partial charge in [-0.05, 0) is 68.8 Å². The monoisotopic (exact) mass is 600 g/mol. The summed E-state index contributed by atoms with van der Waals surface area (Å²) in [6.45, 7) is 7.29. The van der Waals surface area contributed by atoms with Gasteiger partial charge < -0.3 is 24.0 Å². The number of benzene rings is 2. The molecule has 5 atom stereocenters. The van der Waals surface area contributed by atoms with E-state index in [1.54, 1.807) is 25.3 Å². The Bertz CT molecular complexity index is 1400. The lowest BCUT2D eigenvalue weighted by molar-refractivity contribution is -0.142. The lowest BCUT2D eigenvalue weighted by atomic mass is 9.51. The Morgan fingerprint density at radius 2 is 1.95 bits per heavy atom. The molecule has 1 spiro atoms. The van der Waals surface area contributed by atoms with Crippen LogP contribution in [0.5, 0.6) is 17.2 Å². The van der Waals surface area contributed by atoms with Crippen LogP contribution in [-0.2, 0) is 27.8 Å². The first-order valence-corrected chi connectivity index (χ1v) is 15.3. The smallest absolute Gasteiger partial charge is 0.308 e. The van der Waals surface area contributed by atoms with Crippen LogP contribution in [0.3, 0.4) is 0 Å². The number of likely N-dealkylation sites (tertiary alicyclic amines) is 1. The topological polar surface area (TPSA) is 68.3 Å². The molecule has 0 aromatic heterocycles. The Hall–Kier alpha value is -2.48.